The highest BCUT2D eigenvalue weighted by Crippen LogP contribution is 2.55. The Morgan fingerprint density at radius 3 is 2.41 bits per heavy atom. The van der Waals surface area contributed by atoms with Crippen molar-refractivity contribution in [3.8, 4) is 5.75 Å². The number of hydrogen-bond acceptors (Lipinski definition) is 10. The van der Waals surface area contributed by atoms with Gasteiger partial charge in [0, 0.05) is 19.9 Å². The molecule has 32 heavy (non-hydrogen) atoms. The summed E-state index contributed by atoms with van der Waals surface area (Å²) >= 11 is 0. The molecule has 0 radical (unpaired) electrons. The number of imide groups is 1. The molecule has 168 valence electrons. The molecule has 0 spiro atoms. The first-order valence-electron chi connectivity index (χ1n) is 9.52. The lowest BCUT2D eigenvalue weighted by Gasteiger charge is -2.34. The summed E-state index contributed by atoms with van der Waals surface area (Å²) < 4.78 is 21.3. The van der Waals surface area contributed by atoms with Gasteiger partial charge in [-0.15, -0.1) is 0 Å². The summed E-state index contributed by atoms with van der Waals surface area (Å²) in [4.78, 5) is 61.3. The number of hydrogen-bond donors (Lipinski definition) is 0. The van der Waals surface area contributed by atoms with Crippen LogP contribution in [0.3, 0.4) is 0 Å². The molecule has 3 aliphatic rings. The number of esters is 2. The number of non-ortho nitro benzene ring substituents is 1. The number of amides is 2. The number of ether oxygens (including phenoxy) is 4. The molecule has 3 aliphatic heterocycles. The van der Waals surface area contributed by atoms with Gasteiger partial charge in [0.1, 0.15) is 5.75 Å². The average Bonchev–Trinajstić information content (AvgIpc) is 3.37. The molecule has 12 heteroatoms. The van der Waals surface area contributed by atoms with E-state index in [1.54, 1.807) is 6.08 Å². The number of fused-ring (bicyclic) bond motifs is 5. The van der Waals surface area contributed by atoms with Crippen molar-refractivity contribution in [1.29, 1.82) is 0 Å². The van der Waals surface area contributed by atoms with Crippen molar-refractivity contribution in [2.24, 2.45) is 11.8 Å². The first kappa shape index (κ1) is 21.4. The van der Waals surface area contributed by atoms with Gasteiger partial charge in [-0.05, 0) is 12.1 Å². The first-order valence-corrected chi connectivity index (χ1v) is 9.52. The second-order valence-electron chi connectivity index (χ2n) is 7.47. The number of carbonyl (C=O) groups excluding carboxylic acids is 4. The van der Waals surface area contributed by atoms with E-state index in [9.17, 15) is 29.3 Å². The first-order chi connectivity index (χ1) is 15.1. The van der Waals surface area contributed by atoms with E-state index in [1.807, 2.05) is 0 Å². The average molecular weight is 446 g/mol. The number of methoxy groups -OCH3 is 1. The minimum atomic E-state index is -1.69. The van der Waals surface area contributed by atoms with Crippen LogP contribution in [0.25, 0.3) is 0 Å². The van der Waals surface area contributed by atoms with E-state index in [4.69, 9.17) is 18.9 Å². The molecular formula is C20H18N2O10. The molecule has 4 rings (SSSR count). The fraction of sp³-hybridized carbons (Fsp3) is 0.400. The van der Waals surface area contributed by atoms with Crippen molar-refractivity contribution < 1.29 is 43.0 Å². The van der Waals surface area contributed by atoms with Gasteiger partial charge in [0.05, 0.1) is 41.7 Å². The molecule has 2 saturated heterocycles. The third-order valence-electron chi connectivity index (χ3n) is 5.61. The zero-order valence-corrected chi connectivity index (χ0v) is 17.2. The molecule has 0 aromatic heterocycles. The van der Waals surface area contributed by atoms with E-state index in [-0.39, 0.29) is 17.1 Å². The monoisotopic (exact) mass is 446 g/mol. The van der Waals surface area contributed by atoms with E-state index in [0.29, 0.717) is 0 Å². The zero-order chi connectivity index (χ0) is 23.4. The molecule has 0 aliphatic carbocycles. The number of carbonyl (C=O) groups is 4. The summed E-state index contributed by atoms with van der Waals surface area (Å²) in [5.41, 5.74) is -1.95. The van der Waals surface area contributed by atoms with Crippen LogP contribution in [0.5, 0.6) is 5.75 Å². The highest BCUT2D eigenvalue weighted by Gasteiger charge is 2.72. The van der Waals surface area contributed by atoms with Crippen LogP contribution in [-0.2, 0) is 33.4 Å². The van der Waals surface area contributed by atoms with Gasteiger partial charge < -0.3 is 18.9 Å². The fourth-order valence-corrected chi connectivity index (χ4v) is 4.42. The normalized spacial score (nSPS) is 27.6. The topological polar surface area (TPSA) is 152 Å². The minimum absolute atomic E-state index is 0.0218. The van der Waals surface area contributed by atoms with Gasteiger partial charge in [0.2, 0.25) is 11.8 Å². The molecule has 4 atom stereocenters. The maximum absolute atomic E-state index is 13.5. The summed E-state index contributed by atoms with van der Waals surface area (Å²) in [5, 5.41) is 11.1. The third-order valence-corrected chi connectivity index (χ3v) is 5.61. The lowest BCUT2D eigenvalue weighted by molar-refractivity contribution is -0.384. The van der Waals surface area contributed by atoms with Crippen LogP contribution in [0, 0.1) is 22.0 Å². The smallest absolute Gasteiger partial charge is 0.305 e. The predicted octanol–water partition coefficient (Wildman–Crippen LogP) is 0.869. The summed E-state index contributed by atoms with van der Waals surface area (Å²) in [6.07, 6.45) is 0.586. The Hall–Kier alpha value is -3.80. The van der Waals surface area contributed by atoms with E-state index in [2.05, 4.69) is 0 Å². The second kappa shape index (κ2) is 7.41. The molecule has 2 fully saturated rings. The molecule has 1 aromatic rings. The Bertz CT molecular complexity index is 1070. The Kier molecular flexibility index (Phi) is 4.96. The van der Waals surface area contributed by atoms with Gasteiger partial charge in [-0.3, -0.25) is 29.3 Å². The summed E-state index contributed by atoms with van der Waals surface area (Å²) in [6, 6.07) is 3.49. The molecule has 2 amide bonds. The van der Waals surface area contributed by atoms with Gasteiger partial charge in [0.15, 0.2) is 5.60 Å². The van der Waals surface area contributed by atoms with Crippen LogP contribution in [0.15, 0.2) is 30.4 Å². The molecule has 3 heterocycles. The number of benzene rings is 1. The fourth-order valence-electron chi connectivity index (χ4n) is 4.42. The van der Waals surface area contributed by atoms with Gasteiger partial charge in [0.25, 0.3) is 12.0 Å². The third kappa shape index (κ3) is 3.02. The molecule has 2 bridgehead atoms. The van der Waals surface area contributed by atoms with E-state index < -0.39 is 58.5 Å². The number of rotatable bonds is 6. The van der Waals surface area contributed by atoms with Crippen LogP contribution in [0.1, 0.15) is 13.8 Å². The SMILES string of the molecule is COc1cc([N+](=O)[O-])ccc1N1C(=O)[C@H]2[C@H]3C=C[C@@](C(OC(C)=O)OC(C)=O)(O3)[C@H]2C1=O. The minimum Gasteiger partial charge on any atom is -0.494 e. The lowest BCUT2D eigenvalue weighted by Crippen LogP contribution is -2.52. The number of nitrogens with zero attached hydrogens (tertiary/aromatic N) is 2. The second-order valence-corrected chi connectivity index (χ2v) is 7.47. The van der Waals surface area contributed by atoms with Gasteiger partial charge in [-0.1, -0.05) is 6.08 Å². The molecule has 0 saturated carbocycles. The van der Waals surface area contributed by atoms with Gasteiger partial charge in [-0.25, -0.2) is 4.90 Å². The van der Waals surface area contributed by atoms with Crippen LogP contribution in [0.4, 0.5) is 11.4 Å². The van der Waals surface area contributed by atoms with Crippen LogP contribution in [-0.4, -0.2) is 53.8 Å². The largest absolute Gasteiger partial charge is 0.494 e. The Morgan fingerprint density at radius 1 is 1.19 bits per heavy atom. The van der Waals surface area contributed by atoms with Crippen molar-refractivity contribution in [1.82, 2.24) is 0 Å². The molecule has 1 aromatic carbocycles. The Labute approximate surface area is 180 Å². The summed E-state index contributed by atoms with van der Waals surface area (Å²) in [5.74, 6) is -5.06. The predicted molar refractivity (Wildman–Crippen MR) is 103 cm³/mol. The number of anilines is 1. The summed E-state index contributed by atoms with van der Waals surface area (Å²) in [7, 11) is 1.25. The van der Waals surface area contributed by atoms with E-state index in [0.717, 1.165) is 30.9 Å². The highest BCUT2D eigenvalue weighted by molar-refractivity contribution is 6.24. The quantitative estimate of drug-likeness (QED) is 0.154. The lowest BCUT2D eigenvalue weighted by atomic mass is 9.76. The Balaban J connectivity index is 1.76. The van der Waals surface area contributed by atoms with E-state index in [1.165, 1.54) is 19.3 Å². The van der Waals surface area contributed by atoms with Crippen LogP contribution < -0.4 is 9.64 Å². The molecule has 12 nitrogen and oxygen atoms in total. The van der Waals surface area contributed by atoms with Crippen LogP contribution in [0.2, 0.25) is 0 Å². The van der Waals surface area contributed by atoms with Crippen LogP contribution >= 0.6 is 0 Å². The van der Waals surface area contributed by atoms with Crippen molar-refractivity contribution in [2.45, 2.75) is 31.8 Å². The van der Waals surface area contributed by atoms with Crippen molar-refractivity contribution in [2.75, 3.05) is 12.0 Å². The van der Waals surface area contributed by atoms with Crippen molar-refractivity contribution >= 4 is 35.1 Å². The zero-order valence-electron chi connectivity index (χ0n) is 17.2. The van der Waals surface area contributed by atoms with E-state index >= 15 is 0 Å². The highest BCUT2D eigenvalue weighted by atomic mass is 16.7. The van der Waals surface area contributed by atoms with Crippen molar-refractivity contribution in [3.63, 3.8) is 0 Å². The maximum atomic E-state index is 13.5. The molecule has 0 N–H and O–H groups in total. The number of nitro benzene ring substituents is 1. The molecule has 0 unspecified atom stereocenters. The van der Waals surface area contributed by atoms with Gasteiger partial charge >= 0.3 is 11.9 Å². The van der Waals surface area contributed by atoms with Crippen molar-refractivity contribution in [3.05, 3.63) is 40.5 Å². The molecular weight excluding hydrogens is 428 g/mol. The van der Waals surface area contributed by atoms with Gasteiger partial charge in [-0.2, -0.15) is 0 Å². The maximum Gasteiger partial charge on any atom is 0.305 e. The standard InChI is InChI=1S/C20H18N2O10/c1-9(23)30-19(31-10(2)24)20-7-6-13(32-20)15-16(20)18(26)21(17(15)25)12-5-4-11(22(27)28)8-14(12)29-3/h4-8,13,15-16,19H,1-3H3/t13-,15+,16-,20-/m1/s1. The Morgan fingerprint density at radius 2 is 1.84 bits per heavy atom. The summed E-state index contributed by atoms with van der Waals surface area (Å²) in [6.45, 7) is 2.21. The number of nitro groups is 1.